The van der Waals surface area contributed by atoms with Crippen molar-refractivity contribution in [2.75, 3.05) is 0 Å². The smallest absolute Gasteiger partial charge is 0.328 e. The number of hydrogen-bond acceptors (Lipinski definition) is 11. The van der Waals surface area contributed by atoms with Crippen LogP contribution in [0.3, 0.4) is 0 Å². The van der Waals surface area contributed by atoms with Crippen molar-refractivity contribution in [3.63, 3.8) is 0 Å². The predicted molar refractivity (Wildman–Crippen MR) is 272 cm³/mol. The fourth-order valence-electron chi connectivity index (χ4n) is 8.43. The van der Waals surface area contributed by atoms with Crippen LogP contribution in [0.25, 0.3) is 0 Å². The molecule has 7 amide bonds. The van der Waals surface area contributed by atoms with Gasteiger partial charge in [-0.1, -0.05) is 134 Å². The molecule has 1 heterocycles. The Morgan fingerprint density at radius 3 is 1.31 bits per heavy atom. The lowest BCUT2D eigenvalue weighted by molar-refractivity contribution is -0.155. The lowest BCUT2D eigenvalue weighted by Crippen LogP contribution is -2.61. The summed E-state index contributed by atoms with van der Waals surface area (Å²) >= 11 is 0. The van der Waals surface area contributed by atoms with Gasteiger partial charge in [-0.05, 0) is 68.1 Å². The minimum Gasteiger partial charge on any atom is -0.481 e. The van der Waals surface area contributed by atoms with Crippen molar-refractivity contribution in [2.45, 2.75) is 240 Å². The number of amides is 7. The topological polar surface area (TPSA) is 305 Å². The quantitative estimate of drug-likeness (QED) is 0.0465. The molecule has 8 unspecified atom stereocenters. The summed E-state index contributed by atoms with van der Waals surface area (Å²) in [6.45, 7) is 19.5. The van der Waals surface area contributed by atoms with Crippen LogP contribution < -0.4 is 37.2 Å². The maximum atomic E-state index is 14.2. The van der Waals surface area contributed by atoms with Crippen molar-refractivity contribution in [1.82, 2.24) is 37.2 Å². The summed E-state index contributed by atoms with van der Waals surface area (Å²) in [6, 6.07) is -9.67. The lowest BCUT2D eigenvalue weighted by atomic mass is 9.97. The molecule has 0 spiro atoms. The summed E-state index contributed by atoms with van der Waals surface area (Å²) in [5.74, 6) is -11.2. The van der Waals surface area contributed by atoms with E-state index in [2.05, 4.69) is 44.1 Å². The largest absolute Gasteiger partial charge is 0.481 e. The Hall–Kier alpha value is -5.30. The van der Waals surface area contributed by atoms with E-state index in [9.17, 15) is 58.2 Å². The minimum atomic E-state index is -1.72. The molecule has 1 rings (SSSR count). The molecule has 0 aromatic carbocycles. The van der Waals surface area contributed by atoms with Crippen LogP contribution >= 0.6 is 0 Å². The van der Waals surface area contributed by atoms with Crippen LogP contribution in [0.5, 0.6) is 0 Å². The molecule has 1 fully saturated rings. The molecule has 0 aliphatic carbocycles. The minimum absolute atomic E-state index is 0.0399. The van der Waals surface area contributed by atoms with E-state index in [1.165, 1.54) is 19.3 Å². The zero-order chi connectivity index (χ0) is 54.7. The van der Waals surface area contributed by atoms with Crippen LogP contribution in [0.2, 0.25) is 0 Å². The Morgan fingerprint density at radius 1 is 0.472 bits per heavy atom. The first-order valence-electron chi connectivity index (χ1n) is 26.5. The van der Waals surface area contributed by atoms with Gasteiger partial charge >= 0.3 is 17.9 Å². The first-order chi connectivity index (χ1) is 33.7. The van der Waals surface area contributed by atoms with E-state index < -0.39 is 139 Å². The van der Waals surface area contributed by atoms with Gasteiger partial charge in [0.05, 0.1) is 12.8 Å². The van der Waals surface area contributed by atoms with Gasteiger partial charge in [-0.2, -0.15) is 0 Å². The third-order valence-corrected chi connectivity index (χ3v) is 12.4. The van der Waals surface area contributed by atoms with Crippen LogP contribution in [0.1, 0.15) is 192 Å². The van der Waals surface area contributed by atoms with Gasteiger partial charge in [0.2, 0.25) is 41.4 Å². The summed E-state index contributed by atoms with van der Waals surface area (Å²) in [5.41, 5.74) is 0. The van der Waals surface area contributed by atoms with E-state index in [1.807, 2.05) is 13.8 Å². The fraction of sp³-hybridized carbons (Fsp3) is 0.808. The van der Waals surface area contributed by atoms with Gasteiger partial charge in [0, 0.05) is 6.42 Å². The molecule has 0 bridgehead atoms. The monoisotopic (exact) mass is 1020 g/mol. The van der Waals surface area contributed by atoms with Crippen LogP contribution in [0.15, 0.2) is 0 Å². The zero-order valence-corrected chi connectivity index (χ0v) is 45.1. The number of rotatable bonds is 24. The van der Waals surface area contributed by atoms with Crippen molar-refractivity contribution < 1.29 is 62.9 Å². The number of esters is 1. The molecule has 0 aromatic heterocycles. The molecule has 412 valence electrons. The Labute approximate surface area is 428 Å². The molecular weight excluding hydrogens is 931 g/mol. The highest BCUT2D eigenvalue weighted by Crippen LogP contribution is 2.19. The highest BCUT2D eigenvalue weighted by atomic mass is 16.5. The van der Waals surface area contributed by atoms with Crippen molar-refractivity contribution in [3.05, 3.63) is 0 Å². The van der Waals surface area contributed by atoms with Crippen LogP contribution in [0.4, 0.5) is 0 Å². The maximum Gasteiger partial charge on any atom is 0.328 e. The number of carboxylic acid groups (broad SMARTS) is 2. The number of unbranched alkanes of at least 4 members (excludes halogenated alkanes) is 9. The Kier molecular flexibility index (Phi) is 30.7. The standard InChI is InChI=1S/C52H91N7O13/c1-12-13-14-15-16-17-18-19-20-21-22-35-28-41(60)53-36(23-24-42(61)62)46(65)58-44(33(8)9)50(69)55-38(26-31(4)5)49(68)59-45(34(10)11)51(70)56-39(29-43(63)64)48(67)54-37(25-30(2)3)47(66)57-40(27-32(6)7)52(71)72-35/h30-40,44-45H,12-29H2,1-11H3,(H,53,60)(H,54,67)(H,55,69)(H,56,70)(H,57,66)(H,58,65)(H,59,68)(H,61,62)(H,63,64). The first-order valence-corrected chi connectivity index (χ1v) is 26.5. The molecule has 0 aromatic rings. The summed E-state index contributed by atoms with van der Waals surface area (Å²) in [4.78, 5) is 136. The van der Waals surface area contributed by atoms with E-state index in [4.69, 9.17) is 4.74 Å². The average molecular weight is 1020 g/mol. The van der Waals surface area contributed by atoms with Gasteiger partial charge in [-0.15, -0.1) is 0 Å². The number of carbonyl (C=O) groups excluding carboxylic acids is 8. The highest BCUT2D eigenvalue weighted by molar-refractivity contribution is 5.98. The molecule has 0 saturated carbocycles. The van der Waals surface area contributed by atoms with Crippen LogP contribution in [-0.2, 0) is 52.7 Å². The molecule has 9 N–H and O–H groups in total. The number of hydrogen-bond donors (Lipinski definition) is 9. The molecular formula is C52H91N7O13. The molecule has 1 aliphatic heterocycles. The Morgan fingerprint density at radius 2 is 0.861 bits per heavy atom. The molecule has 1 saturated heterocycles. The number of nitrogens with one attached hydrogen (secondary N) is 7. The predicted octanol–water partition coefficient (Wildman–Crippen LogP) is 4.80. The number of carboxylic acids is 2. The Bertz CT molecular complexity index is 1770. The Balaban J connectivity index is 3.92. The summed E-state index contributed by atoms with van der Waals surface area (Å²) in [6.07, 6.45) is 7.43. The van der Waals surface area contributed by atoms with Gasteiger partial charge in [0.25, 0.3) is 0 Å². The van der Waals surface area contributed by atoms with E-state index in [0.29, 0.717) is 6.42 Å². The van der Waals surface area contributed by atoms with Crippen molar-refractivity contribution in [2.24, 2.45) is 29.6 Å². The second-order valence-corrected chi connectivity index (χ2v) is 21.5. The van der Waals surface area contributed by atoms with Crippen LogP contribution in [-0.4, -0.2) is 118 Å². The lowest BCUT2D eigenvalue weighted by Gasteiger charge is -2.30. The first kappa shape index (κ1) is 64.7. The normalized spacial score (nSPS) is 24.1. The number of cyclic esters (lactones) is 1. The number of aliphatic carboxylic acids is 2. The second-order valence-electron chi connectivity index (χ2n) is 21.5. The van der Waals surface area contributed by atoms with Crippen molar-refractivity contribution >= 4 is 59.3 Å². The number of ether oxygens (including phenoxy) is 1. The fourth-order valence-corrected chi connectivity index (χ4v) is 8.43. The van der Waals surface area contributed by atoms with E-state index in [0.717, 1.165) is 38.5 Å². The van der Waals surface area contributed by atoms with Gasteiger partial charge in [0.1, 0.15) is 48.4 Å². The third kappa shape index (κ3) is 26.4. The van der Waals surface area contributed by atoms with E-state index >= 15 is 0 Å². The van der Waals surface area contributed by atoms with Crippen LogP contribution in [0, 0.1) is 29.6 Å². The van der Waals surface area contributed by atoms with Gasteiger partial charge in [-0.25, -0.2) is 4.79 Å². The molecule has 20 heteroatoms. The highest BCUT2D eigenvalue weighted by Gasteiger charge is 2.37. The molecule has 0 radical (unpaired) electrons. The van der Waals surface area contributed by atoms with Crippen molar-refractivity contribution in [3.8, 4) is 0 Å². The zero-order valence-electron chi connectivity index (χ0n) is 45.1. The van der Waals surface area contributed by atoms with E-state index in [-0.39, 0.29) is 49.9 Å². The van der Waals surface area contributed by atoms with Gasteiger partial charge in [0.15, 0.2) is 0 Å². The third-order valence-electron chi connectivity index (χ3n) is 12.4. The number of carbonyl (C=O) groups is 10. The summed E-state index contributed by atoms with van der Waals surface area (Å²) in [7, 11) is 0. The molecule has 20 nitrogen and oxygen atoms in total. The van der Waals surface area contributed by atoms with Gasteiger partial charge < -0.3 is 52.2 Å². The van der Waals surface area contributed by atoms with Gasteiger partial charge in [-0.3, -0.25) is 43.2 Å². The molecule has 1 aliphatic rings. The summed E-state index contributed by atoms with van der Waals surface area (Å²) < 4.78 is 6.03. The van der Waals surface area contributed by atoms with E-state index in [1.54, 1.807) is 55.4 Å². The molecule has 8 atom stereocenters. The maximum absolute atomic E-state index is 14.2. The molecule has 72 heavy (non-hydrogen) atoms. The summed E-state index contributed by atoms with van der Waals surface area (Å²) in [5, 5.41) is 37.8. The van der Waals surface area contributed by atoms with Crippen molar-refractivity contribution in [1.29, 1.82) is 0 Å². The second kappa shape index (κ2) is 34.2. The average Bonchev–Trinajstić information content (AvgIpc) is 3.26. The SMILES string of the molecule is CCCCCCCCCCCCC1CC(=O)NC(CCC(=O)O)C(=O)NC(C(C)C)C(=O)NC(CC(C)C)C(=O)NC(C(C)C)C(=O)NC(CC(=O)O)C(=O)NC(CC(C)C)C(=O)NC(CC(C)C)C(=O)O1.